The van der Waals surface area contributed by atoms with Crippen molar-refractivity contribution < 1.29 is 13.2 Å². The third-order valence-corrected chi connectivity index (χ3v) is 5.83. The Balaban J connectivity index is 1.65. The van der Waals surface area contributed by atoms with E-state index in [1.807, 2.05) is 6.07 Å². The van der Waals surface area contributed by atoms with Crippen LogP contribution >= 0.6 is 0 Å². The number of anilines is 1. The van der Waals surface area contributed by atoms with Crippen LogP contribution in [0.3, 0.4) is 0 Å². The van der Waals surface area contributed by atoms with Gasteiger partial charge in [0.05, 0.1) is 5.56 Å². The summed E-state index contributed by atoms with van der Waals surface area (Å²) in [6.07, 6.45) is 2.43. The van der Waals surface area contributed by atoms with Gasteiger partial charge in [0.15, 0.2) is 0 Å². The highest BCUT2D eigenvalue weighted by molar-refractivity contribution is 5.83. The number of hydrogen-bond donors (Lipinski definition) is 3. The Kier molecular flexibility index (Phi) is 6.45. The number of pyridine rings is 1. The summed E-state index contributed by atoms with van der Waals surface area (Å²) in [5, 5.41) is 19.6. The van der Waals surface area contributed by atoms with Crippen LogP contribution < -0.4 is 10.9 Å². The van der Waals surface area contributed by atoms with Crippen LogP contribution in [0.25, 0.3) is 11.1 Å². The van der Waals surface area contributed by atoms with Gasteiger partial charge in [0.2, 0.25) is 5.92 Å². The van der Waals surface area contributed by atoms with Gasteiger partial charge in [-0.25, -0.2) is 23.1 Å². The summed E-state index contributed by atoms with van der Waals surface area (Å²) in [6, 6.07) is 9.03. The summed E-state index contributed by atoms with van der Waals surface area (Å²) in [5.74, 6) is -2.71. The molecule has 0 spiro atoms. The van der Waals surface area contributed by atoms with E-state index in [1.165, 1.54) is 24.4 Å². The molecule has 0 atom stereocenters. The average molecular weight is 466 g/mol. The standard InChI is InChI=1S/C24H21F3N6O/c25-16-3-1-14(19(10-16)15-2-4-18(11-28)30-13-15)9-21-32-22(20(12-29)23(34)33-21)31-17-5-7-24(26,27)8-6-17/h1-4,10,12-13,17,29H,5-9H2,(H2,31,32,33,34). The molecule has 2 heterocycles. The van der Waals surface area contributed by atoms with E-state index in [0.29, 0.717) is 16.7 Å². The molecule has 0 aliphatic heterocycles. The molecule has 1 aliphatic rings. The van der Waals surface area contributed by atoms with E-state index in [-0.39, 0.29) is 61.0 Å². The van der Waals surface area contributed by atoms with Crippen molar-refractivity contribution >= 4 is 12.0 Å². The number of hydrogen-bond acceptors (Lipinski definition) is 6. The first-order valence-corrected chi connectivity index (χ1v) is 10.7. The maximum absolute atomic E-state index is 14.0. The number of nitriles is 1. The molecule has 0 bridgehead atoms. The van der Waals surface area contributed by atoms with Crippen LogP contribution in [0.15, 0.2) is 41.3 Å². The van der Waals surface area contributed by atoms with E-state index < -0.39 is 17.3 Å². The minimum absolute atomic E-state index is 0.0108. The second-order valence-electron chi connectivity index (χ2n) is 8.22. The number of nitrogens with one attached hydrogen (secondary N) is 3. The summed E-state index contributed by atoms with van der Waals surface area (Å²) in [6.45, 7) is 0. The SMILES string of the molecule is N#Cc1ccc(-c2cc(F)ccc2Cc2nc(NC3CCC(F)(F)CC3)c(C=N)c(=O)[nH]2)cn1. The average Bonchev–Trinajstić information content (AvgIpc) is 2.81. The lowest BCUT2D eigenvalue weighted by Crippen LogP contribution is -2.33. The largest absolute Gasteiger partial charge is 0.367 e. The second kappa shape index (κ2) is 9.47. The Morgan fingerprint density at radius 2 is 2.03 bits per heavy atom. The molecule has 3 aromatic rings. The molecule has 2 aromatic heterocycles. The highest BCUT2D eigenvalue weighted by Crippen LogP contribution is 2.34. The number of halogens is 3. The van der Waals surface area contributed by atoms with Gasteiger partial charge in [-0.15, -0.1) is 0 Å². The fourth-order valence-electron chi connectivity index (χ4n) is 4.01. The fourth-order valence-corrected chi connectivity index (χ4v) is 4.01. The molecule has 1 saturated carbocycles. The van der Waals surface area contributed by atoms with Gasteiger partial charge in [-0.05, 0) is 48.2 Å². The zero-order valence-electron chi connectivity index (χ0n) is 18.0. The minimum Gasteiger partial charge on any atom is -0.367 e. The normalized spacial score (nSPS) is 15.5. The van der Waals surface area contributed by atoms with E-state index in [9.17, 15) is 18.0 Å². The van der Waals surface area contributed by atoms with Gasteiger partial charge < -0.3 is 15.7 Å². The molecule has 1 aliphatic carbocycles. The minimum atomic E-state index is -2.69. The van der Waals surface area contributed by atoms with E-state index in [1.54, 1.807) is 12.1 Å². The first-order chi connectivity index (χ1) is 16.3. The van der Waals surface area contributed by atoms with E-state index in [4.69, 9.17) is 10.7 Å². The van der Waals surface area contributed by atoms with Crippen molar-refractivity contribution in [3.63, 3.8) is 0 Å². The van der Waals surface area contributed by atoms with Crippen LogP contribution in [0, 0.1) is 22.6 Å². The fraction of sp³-hybridized carbons (Fsp3) is 0.292. The first kappa shape index (κ1) is 23.2. The Bertz CT molecular complexity index is 1300. The van der Waals surface area contributed by atoms with Crippen molar-refractivity contribution in [2.24, 2.45) is 0 Å². The molecule has 0 radical (unpaired) electrons. The summed E-state index contributed by atoms with van der Waals surface area (Å²) >= 11 is 0. The molecule has 0 saturated heterocycles. The van der Waals surface area contributed by atoms with Gasteiger partial charge >= 0.3 is 0 Å². The Labute approximate surface area is 193 Å². The number of H-pyrrole nitrogens is 1. The predicted molar refractivity (Wildman–Crippen MR) is 121 cm³/mol. The first-order valence-electron chi connectivity index (χ1n) is 10.7. The summed E-state index contributed by atoms with van der Waals surface area (Å²) in [7, 11) is 0. The van der Waals surface area contributed by atoms with E-state index in [2.05, 4.69) is 20.3 Å². The van der Waals surface area contributed by atoms with E-state index >= 15 is 0 Å². The quantitative estimate of drug-likeness (QED) is 0.465. The van der Waals surface area contributed by atoms with Gasteiger partial charge in [-0.2, -0.15) is 5.26 Å². The molecule has 4 rings (SSSR count). The van der Waals surface area contributed by atoms with Gasteiger partial charge in [0, 0.05) is 43.3 Å². The van der Waals surface area contributed by atoms with Gasteiger partial charge in [0.1, 0.15) is 29.2 Å². The maximum Gasteiger partial charge on any atom is 0.261 e. The van der Waals surface area contributed by atoms with Crippen LogP contribution in [0.5, 0.6) is 0 Å². The Morgan fingerprint density at radius 3 is 2.68 bits per heavy atom. The molecular weight excluding hydrogens is 445 g/mol. The highest BCUT2D eigenvalue weighted by atomic mass is 19.3. The monoisotopic (exact) mass is 466 g/mol. The zero-order chi connectivity index (χ0) is 24.3. The lowest BCUT2D eigenvalue weighted by molar-refractivity contribution is -0.0361. The predicted octanol–water partition coefficient (Wildman–Crippen LogP) is 4.42. The molecule has 34 heavy (non-hydrogen) atoms. The molecular formula is C24H21F3N6O. The lowest BCUT2D eigenvalue weighted by atomic mass is 9.92. The zero-order valence-corrected chi connectivity index (χ0v) is 18.0. The third-order valence-electron chi connectivity index (χ3n) is 5.83. The number of aromatic amines is 1. The van der Waals surface area contributed by atoms with Crippen LogP contribution in [-0.4, -0.2) is 33.1 Å². The number of rotatable bonds is 6. The second-order valence-corrected chi connectivity index (χ2v) is 8.22. The molecule has 0 unspecified atom stereocenters. The molecule has 1 fully saturated rings. The third kappa shape index (κ3) is 5.14. The number of benzene rings is 1. The van der Waals surface area contributed by atoms with Gasteiger partial charge in [-0.1, -0.05) is 6.07 Å². The number of alkyl halides is 2. The van der Waals surface area contributed by atoms with Crippen molar-refractivity contribution in [3.8, 4) is 17.2 Å². The topological polar surface area (TPSA) is 118 Å². The summed E-state index contributed by atoms with van der Waals surface area (Å²) < 4.78 is 41.0. The molecule has 10 heteroatoms. The van der Waals surface area contributed by atoms with Crippen LogP contribution in [0.4, 0.5) is 19.0 Å². The number of aromatic nitrogens is 3. The Morgan fingerprint density at radius 1 is 1.26 bits per heavy atom. The molecule has 3 N–H and O–H groups in total. The molecule has 174 valence electrons. The van der Waals surface area contributed by atoms with Crippen LogP contribution in [0.2, 0.25) is 0 Å². The number of nitrogens with zero attached hydrogens (tertiary/aromatic N) is 3. The molecule has 1 aromatic carbocycles. The van der Waals surface area contributed by atoms with Crippen molar-refractivity contribution in [2.75, 3.05) is 5.32 Å². The lowest BCUT2D eigenvalue weighted by Gasteiger charge is -2.29. The van der Waals surface area contributed by atoms with Crippen LogP contribution in [-0.2, 0) is 6.42 Å². The molecule has 0 amide bonds. The van der Waals surface area contributed by atoms with Crippen molar-refractivity contribution in [3.05, 3.63) is 75.3 Å². The van der Waals surface area contributed by atoms with Crippen molar-refractivity contribution in [2.45, 2.75) is 44.1 Å². The van der Waals surface area contributed by atoms with Gasteiger partial charge in [-0.3, -0.25) is 4.79 Å². The summed E-state index contributed by atoms with van der Waals surface area (Å²) in [4.78, 5) is 23.7. The Hall–Kier alpha value is -4.00. The molecule has 7 nitrogen and oxygen atoms in total. The van der Waals surface area contributed by atoms with Crippen LogP contribution in [0.1, 0.15) is 48.3 Å². The maximum atomic E-state index is 14.0. The highest BCUT2D eigenvalue weighted by Gasteiger charge is 2.35. The van der Waals surface area contributed by atoms with Crippen molar-refractivity contribution in [1.82, 2.24) is 15.0 Å². The van der Waals surface area contributed by atoms with Crippen molar-refractivity contribution in [1.29, 1.82) is 10.7 Å². The van der Waals surface area contributed by atoms with E-state index in [0.717, 1.165) is 6.21 Å². The smallest absolute Gasteiger partial charge is 0.261 e. The summed E-state index contributed by atoms with van der Waals surface area (Å²) in [5.41, 5.74) is 1.48. The van der Waals surface area contributed by atoms with Gasteiger partial charge in [0.25, 0.3) is 5.56 Å².